The van der Waals surface area contributed by atoms with Crippen LogP contribution in [0.15, 0.2) is 65.9 Å². The lowest BCUT2D eigenvalue weighted by Gasteiger charge is -2.29. The summed E-state index contributed by atoms with van der Waals surface area (Å²) >= 11 is 0. The number of amides is 1. The third-order valence-corrected chi connectivity index (χ3v) is 5.94. The molecule has 3 heterocycles. The van der Waals surface area contributed by atoms with Gasteiger partial charge in [0, 0.05) is 43.8 Å². The highest BCUT2D eigenvalue weighted by Crippen LogP contribution is 2.21. The average Bonchev–Trinajstić information content (AvgIpc) is 3.34. The zero-order chi connectivity index (χ0) is 30.9. The highest BCUT2D eigenvalue weighted by molar-refractivity contribution is 7.79. The first-order valence-corrected chi connectivity index (χ1v) is 13.6. The number of hydrogen-bond acceptors (Lipinski definition) is 9. The van der Waals surface area contributed by atoms with Crippen LogP contribution >= 0.6 is 0 Å². The van der Waals surface area contributed by atoms with Gasteiger partial charge >= 0.3 is 10.4 Å². The fraction of sp³-hybridized carbons (Fsp3) is 0.269. The predicted molar refractivity (Wildman–Crippen MR) is 145 cm³/mol. The Balaban J connectivity index is 0.000000892. The fourth-order valence-electron chi connectivity index (χ4n) is 4.02. The number of ether oxygens (including phenoxy) is 2. The molecule has 1 aromatic carbocycles. The molecule has 0 saturated carbocycles. The van der Waals surface area contributed by atoms with Crippen molar-refractivity contribution in [3.8, 4) is 5.75 Å². The molecule has 0 spiro atoms. The summed E-state index contributed by atoms with van der Waals surface area (Å²) in [5.74, 6) is -1.49. The van der Waals surface area contributed by atoms with Crippen LogP contribution in [0.4, 0.5) is 8.78 Å². The maximum Gasteiger partial charge on any atom is 0.394 e. The van der Waals surface area contributed by atoms with E-state index in [-0.39, 0.29) is 30.2 Å². The number of hydrazine groups is 1. The van der Waals surface area contributed by atoms with Gasteiger partial charge in [-0.3, -0.25) is 23.7 Å². The molecule has 16 heteroatoms. The first kappa shape index (κ1) is 32.3. The highest BCUT2D eigenvalue weighted by atomic mass is 32.3. The molecule has 3 aromatic rings. The number of pyridine rings is 2. The van der Waals surface area contributed by atoms with Crippen molar-refractivity contribution in [2.24, 2.45) is 0 Å². The quantitative estimate of drug-likeness (QED) is 0.210. The van der Waals surface area contributed by atoms with Crippen LogP contribution in [0, 0.1) is 11.6 Å². The van der Waals surface area contributed by atoms with E-state index in [9.17, 15) is 18.4 Å². The SMILES string of the molecule is COCC1(C(=O)NCc2nccc(OC)c2F)C=CN(Cc2ccc(Cc3cc(F)c[nH]c3=O)cc2)N1.O=S(=O)(O)O. The van der Waals surface area contributed by atoms with E-state index < -0.39 is 33.5 Å². The zero-order valence-electron chi connectivity index (χ0n) is 22.5. The minimum Gasteiger partial charge on any atom is -0.494 e. The Morgan fingerprint density at radius 2 is 1.81 bits per heavy atom. The van der Waals surface area contributed by atoms with Gasteiger partial charge < -0.3 is 24.8 Å². The van der Waals surface area contributed by atoms with Crippen LogP contribution in [0.2, 0.25) is 0 Å². The van der Waals surface area contributed by atoms with Crippen molar-refractivity contribution >= 4 is 16.3 Å². The molecule has 1 amide bonds. The lowest BCUT2D eigenvalue weighted by atomic mass is 10.0. The minimum absolute atomic E-state index is 0.0426. The summed E-state index contributed by atoms with van der Waals surface area (Å²) in [4.78, 5) is 31.4. The monoisotopic (exact) mass is 609 g/mol. The van der Waals surface area contributed by atoms with Crippen LogP contribution in [-0.4, -0.2) is 64.8 Å². The standard InChI is InChI=1S/C26H27F2N5O4.H2O4S/c1-36-16-26(25(35)31-14-21-23(28)22(37-2)7-9-29-21)8-10-33(32-26)15-18-5-3-17(4-6-18)11-19-12-20(27)13-30-24(19)34;1-5(2,3)4/h3-10,12-13,32H,11,14-16H2,1-2H3,(H,30,34)(H,31,35);(H2,1,2,3,4). The molecule has 4 rings (SSSR count). The van der Waals surface area contributed by atoms with Gasteiger partial charge in [-0.15, -0.1) is 0 Å². The number of nitrogens with one attached hydrogen (secondary N) is 3. The summed E-state index contributed by atoms with van der Waals surface area (Å²) < 4.78 is 69.7. The number of carbonyl (C=O) groups excluding carboxylic acids is 1. The number of H-pyrrole nitrogens is 1. The highest BCUT2D eigenvalue weighted by Gasteiger charge is 2.41. The minimum atomic E-state index is -4.67. The molecular formula is C26H29F2N5O8S. The summed E-state index contributed by atoms with van der Waals surface area (Å²) in [5.41, 5.74) is 3.83. The van der Waals surface area contributed by atoms with Crippen molar-refractivity contribution in [1.29, 1.82) is 0 Å². The van der Waals surface area contributed by atoms with E-state index in [1.165, 1.54) is 32.5 Å². The first-order valence-electron chi connectivity index (χ1n) is 12.2. The molecule has 1 aliphatic rings. The van der Waals surface area contributed by atoms with Crippen LogP contribution in [-0.2, 0) is 39.4 Å². The Bertz CT molecular complexity index is 1580. The van der Waals surface area contributed by atoms with Crippen LogP contribution in [0.5, 0.6) is 5.75 Å². The van der Waals surface area contributed by atoms with Crippen molar-refractivity contribution < 1.29 is 40.6 Å². The normalized spacial score (nSPS) is 16.1. The molecule has 226 valence electrons. The molecule has 1 aliphatic heterocycles. The van der Waals surface area contributed by atoms with E-state index in [0.29, 0.717) is 18.5 Å². The van der Waals surface area contributed by atoms with Crippen LogP contribution < -0.4 is 21.0 Å². The van der Waals surface area contributed by atoms with E-state index in [2.05, 4.69) is 20.7 Å². The number of rotatable bonds is 10. The second-order valence-electron chi connectivity index (χ2n) is 9.03. The number of aromatic amines is 1. The smallest absolute Gasteiger partial charge is 0.394 e. The molecule has 0 bridgehead atoms. The van der Waals surface area contributed by atoms with E-state index in [1.54, 1.807) is 17.3 Å². The number of halogens is 2. The van der Waals surface area contributed by atoms with Crippen molar-refractivity contribution in [1.82, 2.24) is 25.7 Å². The van der Waals surface area contributed by atoms with E-state index >= 15 is 0 Å². The van der Waals surface area contributed by atoms with Gasteiger partial charge in [0.05, 0.1) is 32.5 Å². The van der Waals surface area contributed by atoms with Gasteiger partial charge in [-0.1, -0.05) is 24.3 Å². The Morgan fingerprint density at radius 1 is 1.14 bits per heavy atom. The van der Waals surface area contributed by atoms with E-state index in [0.717, 1.165) is 17.3 Å². The van der Waals surface area contributed by atoms with Gasteiger partial charge in [-0.05, 0) is 23.3 Å². The zero-order valence-corrected chi connectivity index (χ0v) is 23.3. The number of nitrogens with zero attached hydrogens (tertiary/aromatic N) is 2. The predicted octanol–water partition coefficient (Wildman–Crippen LogP) is 1.53. The van der Waals surface area contributed by atoms with E-state index in [4.69, 9.17) is 27.0 Å². The van der Waals surface area contributed by atoms with Gasteiger partial charge in [0.1, 0.15) is 5.82 Å². The Morgan fingerprint density at radius 3 is 2.45 bits per heavy atom. The number of methoxy groups -OCH3 is 2. The Hall–Kier alpha value is -4.22. The Kier molecular flexibility index (Phi) is 10.8. The van der Waals surface area contributed by atoms with Crippen LogP contribution in [0.25, 0.3) is 0 Å². The summed E-state index contributed by atoms with van der Waals surface area (Å²) in [6.07, 6.45) is 6.17. The molecule has 0 aliphatic carbocycles. The first-order chi connectivity index (χ1) is 19.8. The molecule has 42 heavy (non-hydrogen) atoms. The van der Waals surface area contributed by atoms with Crippen molar-refractivity contribution in [3.63, 3.8) is 0 Å². The average molecular weight is 610 g/mol. The molecule has 5 N–H and O–H groups in total. The van der Waals surface area contributed by atoms with Gasteiger partial charge in [-0.25, -0.2) is 14.2 Å². The van der Waals surface area contributed by atoms with Gasteiger partial charge in [-0.2, -0.15) is 8.42 Å². The van der Waals surface area contributed by atoms with Gasteiger partial charge in [0.2, 0.25) is 5.91 Å². The van der Waals surface area contributed by atoms with Crippen LogP contribution in [0.1, 0.15) is 22.4 Å². The van der Waals surface area contributed by atoms with Gasteiger partial charge in [0.15, 0.2) is 17.1 Å². The third-order valence-electron chi connectivity index (χ3n) is 5.94. The summed E-state index contributed by atoms with van der Waals surface area (Å²) in [5, 5.41) is 4.46. The fourth-order valence-corrected chi connectivity index (χ4v) is 4.02. The lowest BCUT2D eigenvalue weighted by Crippen LogP contribution is -2.59. The number of aromatic nitrogens is 2. The summed E-state index contributed by atoms with van der Waals surface area (Å²) in [7, 11) is -1.83. The van der Waals surface area contributed by atoms with Gasteiger partial charge in [0.25, 0.3) is 5.56 Å². The lowest BCUT2D eigenvalue weighted by molar-refractivity contribution is -0.129. The molecule has 0 saturated heterocycles. The third kappa shape index (κ3) is 9.15. The molecule has 0 fully saturated rings. The second kappa shape index (κ2) is 14.1. The molecule has 1 atom stereocenters. The molecule has 2 aromatic heterocycles. The topological polar surface area (TPSA) is 183 Å². The number of benzene rings is 1. The van der Waals surface area contributed by atoms with Crippen molar-refractivity contribution in [2.75, 3.05) is 20.8 Å². The number of hydrogen-bond donors (Lipinski definition) is 5. The van der Waals surface area contributed by atoms with Crippen molar-refractivity contribution in [3.05, 3.63) is 105 Å². The summed E-state index contributed by atoms with van der Waals surface area (Å²) in [6, 6.07) is 10.2. The van der Waals surface area contributed by atoms with Crippen molar-refractivity contribution in [2.45, 2.75) is 25.0 Å². The molecular weight excluding hydrogens is 580 g/mol. The van der Waals surface area contributed by atoms with Crippen LogP contribution in [0.3, 0.4) is 0 Å². The number of carbonyl (C=O) groups is 1. The maximum absolute atomic E-state index is 14.4. The largest absolute Gasteiger partial charge is 0.494 e. The Labute approximate surface area is 239 Å². The second-order valence-corrected chi connectivity index (χ2v) is 9.93. The molecule has 13 nitrogen and oxygen atoms in total. The maximum atomic E-state index is 14.4. The summed E-state index contributed by atoms with van der Waals surface area (Å²) in [6.45, 7) is 0.349. The van der Waals surface area contributed by atoms with E-state index in [1.807, 2.05) is 24.3 Å². The molecule has 1 unspecified atom stereocenters. The molecule has 0 radical (unpaired) electrons.